The van der Waals surface area contributed by atoms with Gasteiger partial charge in [0.15, 0.2) is 0 Å². The maximum atomic E-state index is 13.0. The Morgan fingerprint density at radius 1 is 0.778 bits per heavy atom. The third-order valence-corrected chi connectivity index (χ3v) is 4.18. The number of nitrogens with zero attached hydrogens (tertiary/aromatic N) is 1. The number of benzene rings is 3. The molecule has 4 rings (SSSR count). The van der Waals surface area contributed by atoms with Crippen LogP contribution in [0.3, 0.4) is 0 Å². The van der Waals surface area contributed by atoms with E-state index in [4.69, 9.17) is 4.74 Å². The Morgan fingerprint density at radius 2 is 1.33 bits per heavy atom. The number of anilines is 1. The van der Waals surface area contributed by atoms with Gasteiger partial charge < -0.3 is 4.74 Å². The average Bonchev–Trinajstić information content (AvgIpc) is 2.94. The first-order valence-corrected chi connectivity index (χ1v) is 8.11. The Morgan fingerprint density at radius 3 is 1.96 bits per heavy atom. The van der Waals surface area contributed by atoms with Gasteiger partial charge in [0, 0.05) is 0 Å². The van der Waals surface area contributed by atoms with Gasteiger partial charge >= 0.3 is 5.97 Å². The van der Waals surface area contributed by atoms with E-state index in [-0.39, 0.29) is 28.1 Å². The Balaban J connectivity index is 1.70. The SMILES string of the molecule is O=C(Oc1ccc(F)cc1)c1ccccc1N1C(=O)c2ccccc2C1=O. The van der Waals surface area contributed by atoms with Gasteiger partial charge in [0.2, 0.25) is 0 Å². The lowest BCUT2D eigenvalue weighted by Crippen LogP contribution is -2.31. The van der Waals surface area contributed by atoms with Crippen LogP contribution >= 0.6 is 0 Å². The van der Waals surface area contributed by atoms with Crippen molar-refractivity contribution in [2.24, 2.45) is 0 Å². The minimum atomic E-state index is -0.756. The van der Waals surface area contributed by atoms with E-state index >= 15 is 0 Å². The molecule has 27 heavy (non-hydrogen) atoms. The molecule has 0 N–H and O–H groups in total. The molecule has 2 amide bonds. The summed E-state index contributed by atoms with van der Waals surface area (Å²) in [5.74, 6) is -2.07. The molecule has 0 saturated heterocycles. The molecular formula is C21H12FNO4. The van der Waals surface area contributed by atoms with Crippen LogP contribution in [0.2, 0.25) is 0 Å². The Labute approximate surface area is 153 Å². The van der Waals surface area contributed by atoms with Crippen molar-refractivity contribution < 1.29 is 23.5 Å². The van der Waals surface area contributed by atoms with Gasteiger partial charge in [-0.2, -0.15) is 0 Å². The minimum absolute atomic E-state index is 0.0522. The van der Waals surface area contributed by atoms with Crippen LogP contribution in [0.1, 0.15) is 31.1 Å². The number of para-hydroxylation sites is 1. The fraction of sp³-hybridized carbons (Fsp3) is 0. The molecule has 0 radical (unpaired) electrons. The van der Waals surface area contributed by atoms with Crippen molar-refractivity contribution in [3.05, 3.63) is 95.3 Å². The highest BCUT2D eigenvalue weighted by Crippen LogP contribution is 2.31. The monoisotopic (exact) mass is 361 g/mol. The van der Waals surface area contributed by atoms with Crippen molar-refractivity contribution in [1.82, 2.24) is 0 Å². The molecule has 0 unspecified atom stereocenters. The topological polar surface area (TPSA) is 63.7 Å². The Hall–Kier alpha value is -3.80. The van der Waals surface area contributed by atoms with E-state index < -0.39 is 23.6 Å². The van der Waals surface area contributed by atoms with Crippen LogP contribution in [0.4, 0.5) is 10.1 Å². The minimum Gasteiger partial charge on any atom is -0.423 e. The van der Waals surface area contributed by atoms with Crippen molar-refractivity contribution in [3.8, 4) is 5.75 Å². The van der Waals surface area contributed by atoms with Gasteiger partial charge in [-0.25, -0.2) is 14.1 Å². The Bertz CT molecular complexity index is 1040. The van der Waals surface area contributed by atoms with Crippen LogP contribution in [-0.4, -0.2) is 17.8 Å². The van der Waals surface area contributed by atoms with Crippen LogP contribution in [-0.2, 0) is 0 Å². The number of imide groups is 1. The lowest BCUT2D eigenvalue weighted by molar-refractivity contribution is 0.0735. The standard InChI is InChI=1S/C21H12FNO4/c22-13-9-11-14(12-10-13)27-21(26)17-7-3-4-8-18(17)23-19(24)15-5-1-2-6-16(15)20(23)25/h1-12H. The van der Waals surface area contributed by atoms with E-state index in [2.05, 4.69) is 0 Å². The molecule has 5 nitrogen and oxygen atoms in total. The van der Waals surface area contributed by atoms with E-state index in [1.165, 1.54) is 36.4 Å². The summed E-state index contributed by atoms with van der Waals surface area (Å²) in [5, 5.41) is 0. The summed E-state index contributed by atoms with van der Waals surface area (Å²) in [6.45, 7) is 0. The maximum absolute atomic E-state index is 13.0. The van der Waals surface area contributed by atoms with Crippen LogP contribution < -0.4 is 9.64 Å². The number of esters is 1. The molecule has 1 aliphatic rings. The van der Waals surface area contributed by atoms with Crippen LogP contribution in [0, 0.1) is 5.82 Å². The summed E-state index contributed by atoms with van der Waals surface area (Å²) < 4.78 is 18.3. The van der Waals surface area contributed by atoms with Gasteiger partial charge in [0.1, 0.15) is 11.6 Å². The number of hydrogen-bond donors (Lipinski definition) is 0. The molecule has 0 aromatic heterocycles. The molecule has 0 saturated carbocycles. The van der Waals surface area contributed by atoms with Crippen molar-refractivity contribution in [2.45, 2.75) is 0 Å². The van der Waals surface area contributed by atoms with Gasteiger partial charge in [-0.3, -0.25) is 9.59 Å². The molecule has 0 bridgehead atoms. The number of fused-ring (bicyclic) bond motifs is 1. The largest absolute Gasteiger partial charge is 0.423 e. The average molecular weight is 361 g/mol. The second-order valence-corrected chi connectivity index (χ2v) is 5.85. The van der Waals surface area contributed by atoms with E-state index in [1.807, 2.05) is 0 Å². The lowest BCUT2D eigenvalue weighted by atomic mass is 10.1. The molecule has 3 aromatic rings. The third kappa shape index (κ3) is 2.87. The third-order valence-electron chi connectivity index (χ3n) is 4.18. The summed E-state index contributed by atoms with van der Waals surface area (Å²) in [7, 11) is 0. The number of carbonyl (C=O) groups is 3. The molecule has 1 aliphatic heterocycles. The van der Waals surface area contributed by atoms with Crippen molar-refractivity contribution in [1.29, 1.82) is 0 Å². The van der Waals surface area contributed by atoms with E-state index in [0.717, 1.165) is 4.90 Å². The summed E-state index contributed by atoms with van der Waals surface area (Å²) in [5.41, 5.74) is 0.751. The quantitative estimate of drug-likeness (QED) is 0.404. The summed E-state index contributed by atoms with van der Waals surface area (Å²) in [6, 6.07) is 17.6. The van der Waals surface area contributed by atoms with E-state index in [9.17, 15) is 18.8 Å². The highest BCUT2D eigenvalue weighted by molar-refractivity contribution is 6.35. The van der Waals surface area contributed by atoms with Gasteiger partial charge in [-0.05, 0) is 48.5 Å². The van der Waals surface area contributed by atoms with Crippen LogP contribution in [0.15, 0.2) is 72.8 Å². The zero-order valence-corrected chi connectivity index (χ0v) is 13.9. The second kappa shape index (κ2) is 6.49. The van der Waals surface area contributed by atoms with E-state index in [0.29, 0.717) is 0 Å². The smallest absolute Gasteiger partial charge is 0.345 e. The summed E-state index contributed by atoms with van der Waals surface area (Å²) in [4.78, 5) is 38.9. The second-order valence-electron chi connectivity index (χ2n) is 5.85. The zero-order valence-electron chi connectivity index (χ0n) is 13.9. The fourth-order valence-electron chi connectivity index (χ4n) is 2.91. The first-order valence-electron chi connectivity index (χ1n) is 8.11. The van der Waals surface area contributed by atoms with Gasteiger partial charge in [-0.1, -0.05) is 24.3 Å². The molecule has 6 heteroatoms. The molecule has 0 fully saturated rings. The van der Waals surface area contributed by atoms with Crippen molar-refractivity contribution in [3.63, 3.8) is 0 Å². The van der Waals surface area contributed by atoms with Gasteiger partial charge in [0.05, 0.1) is 22.4 Å². The first kappa shape index (κ1) is 16.7. The van der Waals surface area contributed by atoms with Crippen LogP contribution in [0.5, 0.6) is 5.75 Å². The summed E-state index contributed by atoms with van der Waals surface area (Å²) >= 11 is 0. The lowest BCUT2D eigenvalue weighted by Gasteiger charge is -2.17. The normalized spacial score (nSPS) is 12.9. The number of ether oxygens (including phenoxy) is 1. The first-order chi connectivity index (χ1) is 13.1. The molecular weight excluding hydrogens is 349 g/mol. The highest BCUT2D eigenvalue weighted by atomic mass is 19.1. The predicted molar refractivity (Wildman–Crippen MR) is 95.4 cm³/mol. The number of rotatable bonds is 3. The molecule has 0 aliphatic carbocycles. The summed E-state index contributed by atoms with van der Waals surface area (Å²) in [6.07, 6.45) is 0. The molecule has 0 atom stereocenters. The molecule has 1 heterocycles. The maximum Gasteiger partial charge on any atom is 0.345 e. The highest BCUT2D eigenvalue weighted by Gasteiger charge is 2.38. The number of amides is 2. The van der Waals surface area contributed by atoms with Gasteiger partial charge in [-0.15, -0.1) is 0 Å². The molecule has 3 aromatic carbocycles. The molecule has 0 spiro atoms. The van der Waals surface area contributed by atoms with Crippen LogP contribution in [0.25, 0.3) is 0 Å². The number of carbonyl (C=O) groups excluding carboxylic acids is 3. The van der Waals surface area contributed by atoms with Gasteiger partial charge in [0.25, 0.3) is 11.8 Å². The Kier molecular flexibility index (Phi) is 4.01. The zero-order chi connectivity index (χ0) is 19.0. The molecule has 132 valence electrons. The van der Waals surface area contributed by atoms with Crippen molar-refractivity contribution >= 4 is 23.5 Å². The number of hydrogen-bond acceptors (Lipinski definition) is 4. The number of halogens is 1. The van der Waals surface area contributed by atoms with Crippen molar-refractivity contribution in [2.75, 3.05) is 4.90 Å². The van der Waals surface area contributed by atoms with E-state index in [1.54, 1.807) is 36.4 Å². The predicted octanol–water partition coefficient (Wildman–Crippen LogP) is 3.85. The fourth-order valence-corrected chi connectivity index (χ4v) is 2.91.